The smallest absolute Gasteiger partial charge is 0.123 e. The third kappa shape index (κ3) is 3.25. The summed E-state index contributed by atoms with van der Waals surface area (Å²) in [6.45, 7) is 6.54. The lowest BCUT2D eigenvalue weighted by molar-refractivity contribution is -0.0564. The lowest BCUT2D eigenvalue weighted by Gasteiger charge is -2.36. The summed E-state index contributed by atoms with van der Waals surface area (Å²) >= 11 is 0. The average Bonchev–Trinajstić information content (AvgIpc) is 2.30. The van der Waals surface area contributed by atoms with Gasteiger partial charge in [-0.05, 0) is 38.0 Å². The molecular weight excluding hydrogens is 219 g/mol. The Bertz CT molecular complexity index is 359. The fourth-order valence-electron chi connectivity index (χ4n) is 2.03. The summed E-state index contributed by atoms with van der Waals surface area (Å²) in [5.74, 6) is 5.33. The predicted octanol–water partition coefficient (Wildman–Crippen LogP) is 2.54. The Morgan fingerprint density at radius 3 is 2.65 bits per heavy atom. The monoisotopic (exact) mass is 240 g/mol. The summed E-state index contributed by atoms with van der Waals surface area (Å²) in [6.07, 6.45) is 0.784. The zero-order valence-corrected chi connectivity index (χ0v) is 10.7. The summed E-state index contributed by atoms with van der Waals surface area (Å²) in [6, 6.07) is 6.19. The van der Waals surface area contributed by atoms with Crippen molar-refractivity contribution in [1.82, 2.24) is 5.43 Å². The van der Waals surface area contributed by atoms with Crippen molar-refractivity contribution in [2.45, 2.75) is 38.8 Å². The van der Waals surface area contributed by atoms with E-state index in [2.05, 4.69) is 5.43 Å². The van der Waals surface area contributed by atoms with E-state index in [0.29, 0.717) is 6.61 Å². The fraction of sp³-hybridized carbons (Fsp3) is 0.538. The zero-order valence-electron chi connectivity index (χ0n) is 10.7. The Hall–Kier alpha value is -0.970. The molecule has 0 amide bonds. The van der Waals surface area contributed by atoms with Crippen LogP contribution in [0.25, 0.3) is 0 Å². The van der Waals surface area contributed by atoms with E-state index in [-0.39, 0.29) is 11.9 Å². The summed E-state index contributed by atoms with van der Waals surface area (Å²) in [7, 11) is 0. The van der Waals surface area contributed by atoms with Crippen molar-refractivity contribution in [3.63, 3.8) is 0 Å². The molecule has 4 heteroatoms. The van der Waals surface area contributed by atoms with Crippen molar-refractivity contribution < 1.29 is 9.13 Å². The van der Waals surface area contributed by atoms with Gasteiger partial charge in [-0.3, -0.25) is 11.3 Å². The van der Waals surface area contributed by atoms with Gasteiger partial charge in [0.2, 0.25) is 0 Å². The van der Waals surface area contributed by atoms with Crippen LogP contribution in [-0.4, -0.2) is 12.2 Å². The van der Waals surface area contributed by atoms with Gasteiger partial charge in [0.25, 0.3) is 0 Å². The molecule has 0 aromatic heterocycles. The number of rotatable bonds is 6. The quantitative estimate of drug-likeness (QED) is 0.593. The van der Waals surface area contributed by atoms with E-state index < -0.39 is 5.60 Å². The molecule has 1 aromatic rings. The summed E-state index contributed by atoms with van der Waals surface area (Å²) < 4.78 is 19.0. The normalized spacial score (nSPS) is 16.5. The Morgan fingerprint density at radius 2 is 2.18 bits per heavy atom. The second-order valence-electron chi connectivity index (χ2n) is 4.25. The molecule has 0 saturated heterocycles. The van der Waals surface area contributed by atoms with Crippen LogP contribution in [0.4, 0.5) is 4.39 Å². The number of hydrogen-bond acceptors (Lipinski definition) is 3. The molecular formula is C13H21FN2O. The predicted molar refractivity (Wildman–Crippen MR) is 66.8 cm³/mol. The minimum atomic E-state index is -0.447. The zero-order chi connectivity index (χ0) is 12.9. The van der Waals surface area contributed by atoms with Gasteiger partial charge in [-0.2, -0.15) is 0 Å². The van der Waals surface area contributed by atoms with Gasteiger partial charge >= 0.3 is 0 Å². The Kier molecular flexibility index (Phi) is 5.05. The summed E-state index contributed by atoms with van der Waals surface area (Å²) in [5.41, 5.74) is 3.08. The molecule has 3 N–H and O–H groups in total. The number of benzene rings is 1. The first kappa shape index (κ1) is 14.1. The number of halogens is 1. The molecule has 2 atom stereocenters. The Morgan fingerprint density at radius 1 is 1.47 bits per heavy atom. The molecule has 0 spiro atoms. The molecule has 2 unspecified atom stereocenters. The second kappa shape index (κ2) is 6.10. The van der Waals surface area contributed by atoms with Gasteiger partial charge < -0.3 is 4.74 Å². The summed E-state index contributed by atoms with van der Waals surface area (Å²) in [5, 5.41) is 0. The van der Waals surface area contributed by atoms with E-state index in [1.165, 1.54) is 12.1 Å². The molecule has 3 nitrogen and oxygen atoms in total. The van der Waals surface area contributed by atoms with E-state index in [1.807, 2.05) is 26.8 Å². The van der Waals surface area contributed by atoms with Crippen LogP contribution in [0, 0.1) is 5.82 Å². The third-order valence-corrected chi connectivity index (χ3v) is 3.14. The van der Waals surface area contributed by atoms with Crippen LogP contribution in [-0.2, 0) is 4.74 Å². The molecule has 17 heavy (non-hydrogen) atoms. The maximum atomic E-state index is 13.2. The van der Waals surface area contributed by atoms with E-state index >= 15 is 0 Å². The number of nitrogens with two attached hydrogens (primary N) is 1. The maximum Gasteiger partial charge on any atom is 0.123 e. The molecule has 0 saturated carbocycles. The molecule has 0 radical (unpaired) electrons. The van der Waals surface area contributed by atoms with Gasteiger partial charge in [-0.1, -0.05) is 19.1 Å². The van der Waals surface area contributed by atoms with Crippen molar-refractivity contribution in [3.8, 4) is 0 Å². The Balaban J connectivity index is 3.04. The van der Waals surface area contributed by atoms with Crippen LogP contribution in [0.1, 0.15) is 38.8 Å². The van der Waals surface area contributed by atoms with E-state index in [4.69, 9.17) is 10.6 Å². The fourth-order valence-corrected chi connectivity index (χ4v) is 2.03. The molecule has 1 rings (SSSR count). The van der Waals surface area contributed by atoms with Gasteiger partial charge in [0.05, 0.1) is 11.6 Å². The lowest BCUT2D eigenvalue weighted by Crippen LogP contribution is -2.46. The highest BCUT2D eigenvalue weighted by Crippen LogP contribution is 2.31. The highest BCUT2D eigenvalue weighted by Gasteiger charge is 2.33. The number of ether oxygens (including phenoxy) is 1. The second-order valence-corrected chi connectivity index (χ2v) is 4.25. The van der Waals surface area contributed by atoms with Gasteiger partial charge in [-0.15, -0.1) is 0 Å². The first-order valence-electron chi connectivity index (χ1n) is 5.93. The van der Waals surface area contributed by atoms with Crippen molar-refractivity contribution in [2.24, 2.45) is 5.84 Å². The van der Waals surface area contributed by atoms with Gasteiger partial charge in [0.1, 0.15) is 5.82 Å². The van der Waals surface area contributed by atoms with Crippen molar-refractivity contribution >= 4 is 0 Å². The third-order valence-electron chi connectivity index (χ3n) is 3.14. The van der Waals surface area contributed by atoms with Crippen LogP contribution in [0.5, 0.6) is 0 Å². The molecule has 0 heterocycles. The molecule has 0 aliphatic heterocycles. The van der Waals surface area contributed by atoms with Crippen molar-refractivity contribution in [1.29, 1.82) is 0 Å². The highest BCUT2D eigenvalue weighted by molar-refractivity contribution is 5.23. The minimum Gasteiger partial charge on any atom is -0.374 e. The van der Waals surface area contributed by atoms with Crippen molar-refractivity contribution in [2.75, 3.05) is 6.61 Å². The topological polar surface area (TPSA) is 47.3 Å². The largest absolute Gasteiger partial charge is 0.374 e. The van der Waals surface area contributed by atoms with Gasteiger partial charge in [-0.25, -0.2) is 4.39 Å². The first-order chi connectivity index (χ1) is 8.07. The van der Waals surface area contributed by atoms with Crippen LogP contribution < -0.4 is 11.3 Å². The first-order valence-corrected chi connectivity index (χ1v) is 5.93. The molecule has 0 bridgehead atoms. The maximum absolute atomic E-state index is 13.2. The Labute approximate surface area is 102 Å². The van der Waals surface area contributed by atoms with Gasteiger partial charge in [0, 0.05) is 6.61 Å². The molecule has 0 aliphatic carbocycles. The molecule has 0 aliphatic rings. The molecule has 96 valence electrons. The van der Waals surface area contributed by atoms with E-state index in [1.54, 1.807) is 6.07 Å². The SMILES string of the molecule is CCOC(C)(CC)C(NN)c1cccc(F)c1. The van der Waals surface area contributed by atoms with Crippen LogP contribution in [0.2, 0.25) is 0 Å². The van der Waals surface area contributed by atoms with Crippen LogP contribution >= 0.6 is 0 Å². The number of hydrazine groups is 1. The number of hydrogen-bond donors (Lipinski definition) is 2. The highest BCUT2D eigenvalue weighted by atomic mass is 19.1. The summed E-state index contributed by atoms with van der Waals surface area (Å²) in [4.78, 5) is 0. The minimum absolute atomic E-state index is 0.233. The van der Waals surface area contributed by atoms with E-state index in [9.17, 15) is 4.39 Å². The standard InChI is InChI=1S/C13H21FN2O/c1-4-13(3,17-5-2)12(16-15)10-7-6-8-11(14)9-10/h6-9,12,16H,4-5,15H2,1-3H3. The average molecular weight is 240 g/mol. The van der Waals surface area contributed by atoms with Crippen LogP contribution in [0.15, 0.2) is 24.3 Å². The van der Waals surface area contributed by atoms with Gasteiger partial charge in [0.15, 0.2) is 0 Å². The van der Waals surface area contributed by atoms with E-state index in [0.717, 1.165) is 12.0 Å². The van der Waals surface area contributed by atoms with Crippen LogP contribution in [0.3, 0.4) is 0 Å². The number of nitrogens with one attached hydrogen (secondary N) is 1. The van der Waals surface area contributed by atoms with Crippen molar-refractivity contribution in [3.05, 3.63) is 35.6 Å². The lowest BCUT2D eigenvalue weighted by atomic mass is 9.88. The molecule has 1 aromatic carbocycles. The molecule has 0 fully saturated rings.